The number of nitrogens with one attached hydrogen (secondary N) is 2. The molecule has 0 aromatic carbocycles. The lowest BCUT2D eigenvalue weighted by molar-refractivity contribution is -0.123. The molecule has 2 aliphatic heterocycles. The van der Waals surface area contributed by atoms with Gasteiger partial charge in [0, 0.05) is 50.3 Å². The van der Waals surface area contributed by atoms with Gasteiger partial charge in [-0.3, -0.25) is 9.89 Å². The molecule has 3 heterocycles. The molecule has 6 heteroatoms. The van der Waals surface area contributed by atoms with E-state index in [1.807, 2.05) is 13.8 Å². The third kappa shape index (κ3) is 4.16. The second kappa shape index (κ2) is 8.12. The number of aryl methyl sites for hydroxylation is 2. The highest BCUT2D eigenvalue weighted by Gasteiger charge is 2.34. The Labute approximate surface area is 143 Å². The zero-order valence-corrected chi connectivity index (χ0v) is 14.8. The van der Waals surface area contributed by atoms with Gasteiger partial charge in [-0.2, -0.15) is 5.10 Å². The molecule has 0 aliphatic carbocycles. The smallest absolute Gasteiger partial charge is 0.220 e. The molecule has 6 nitrogen and oxygen atoms in total. The second-order valence-corrected chi connectivity index (χ2v) is 7.07. The first kappa shape index (κ1) is 17.4. The van der Waals surface area contributed by atoms with Crippen molar-refractivity contribution in [2.75, 3.05) is 26.4 Å². The van der Waals surface area contributed by atoms with E-state index in [9.17, 15) is 4.79 Å². The number of aromatic nitrogens is 2. The fourth-order valence-electron chi connectivity index (χ4n) is 3.84. The van der Waals surface area contributed by atoms with Crippen molar-refractivity contribution in [2.24, 2.45) is 11.8 Å². The van der Waals surface area contributed by atoms with E-state index in [0.29, 0.717) is 24.7 Å². The minimum Gasteiger partial charge on any atom is -0.381 e. The Morgan fingerprint density at radius 3 is 2.67 bits per heavy atom. The number of ether oxygens (including phenoxy) is 2. The van der Waals surface area contributed by atoms with Crippen molar-refractivity contribution in [3.05, 3.63) is 17.0 Å². The van der Waals surface area contributed by atoms with Crippen LogP contribution in [-0.2, 0) is 20.7 Å². The maximum absolute atomic E-state index is 12.4. The standard InChI is InChI=1S/C18H29N3O3/c1-12-13(2)20-21-16(12)3-4-18(22)19-17-7-10-24-11-15(17)14-5-8-23-9-6-14/h14-15,17H,3-11H2,1-2H3,(H,19,22)(H,20,21)/t15-,17-/m1/s1. The van der Waals surface area contributed by atoms with Crippen LogP contribution in [0.3, 0.4) is 0 Å². The summed E-state index contributed by atoms with van der Waals surface area (Å²) in [6.45, 7) is 7.22. The van der Waals surface area contributed by atoms with E-state index < -0.39 is 0 Å². The Hall–Kier alpha value is -1.40. The molecule has 0 unspecified atom stereocenters. The van der Waals surface area contributed by atoms with Gasteiger partial charge in [0.05, 0.1) is 12.3 Å². The lowest BCUT2D eigenvalue weighted by Gasteiger charge is -2.39. The number of carbonyl (C=O) groups is 1. The van der Waals surface area contributed by atoms with Crippen LogP contribution in [-0.4, -0.2) is 48.6 Å². The van der Waals surface area contributed by atoms with Gasteiger partial charge in [-0.15, -0.1) is 0 Å². The molecule has 1 aromatic rings. The molecular weight excluding hydrogens is 306 g/mol. The highest BCUT2D eigenvalue weighted by molar-refractivity contribution is 5.76. The Balaban J connectivity index is 1.52. The van der Waals surface area contributed by atoms with Crippen LogP contribution in [0.15, 0.2) is 0 Å². The van der Waals surface area contributed by atoms with Gasteiger partial charge < -0.3 is 14.8 Å². The average Bonchev–Trinajstić information content (AvgIpc) is 2.93. The average molecular weight is 335 g/mol. The van der Waals surface area contributed by atoms with Crippen molar-refractivity contribution in [1.82, 2.24) is 15.5 Å². The van der Waals surface area contributed by atoms with Crippen LogP contribution >= 0.6 is 0 Å². The maximum atomic E-state index is 12.4. The Morgan fingerprint density at radius 1 is 1.21 bits per heavy atom. The van der Waals surface area contributed by atoms with Crippen LogP contribution in [0.25, 0.3) is 0 Å². The molecular formula is C18H29N3O3. The minimum absolute atomic E-state index is 0.124. The van der Waals surface area contributed by atoms with E-state index in [1.54, 1.807) is 0 Å². The van der Waals surface area contributed by atoms with E-state index in [4.69, 9.17) is 9.47 Å². The summed E-state index contributed by atoms with van der Waals surface area (Å²) in [7, 11) is 0. The third-order valence-corrected chi connectivity index (χ3v) is 5.56. The molecule has 0 bridgehead atoms. The van der Waals surface area contributed by atoms with Crippen molar-refractivity contribution < 1.29 is 14.3 Å². The zero-order chi connectivity index (χ0) is 16.9. The molecule has 1 amide bonds. The number of hydrogen-bond donors (Lipinski definition) is 2. The molecule has 0 radical (unpaired) electrons. The van der Waals surface area contributed by atoms with Gasteiger partial charge in [0.1, 0.15) is 0 Å². The summed E-state index contributed by atoms with van der Waals surface area (Å²) in [5.41, 5.74) is 3.24. The predicted molar refractivity (Wildman–Crippen MR) is 90.8 cm³/mol. The lowest BCUT2D eigenvalue weighted by Crippen LogP contribution is -2.49. The van der Waals surface area contributed by atoms with Gasteiger partial charge in [-0.05, 0) is 44.6 Å². The topological polar surface area (TPSA) is 76.2 Å². The molecule has 2 aliphatic rings. The summed E-state index contributed by atoms with van der Waals surface area (Å²) in [5, 5.41) is 10.5. The van der Waals surface area contributed by atoms with Crippen molar-refractivity contribution in [1.29, 1.82) is 0 Å². The predicted octanol–water partition coefficient (Wildman–Crippen LogP) is 1.91. The van der Waals surface area contributed by atoms with Crippen LogP contribution in [0.2, 0.25) is 0 Å². The molecule has 3 rings (SSSR count). The first-order valence-corrected chi connectivity index (χ1v) is 9.10. The Bertz CT molecular complexity index is 552. The number of aromatic amines is 1. The van der Waals surface area contributed by atoms with Gasteiger partial charge in [0.25, 0.3) is 0 Å². The van der Waals surface area contributed by atoms with E-state index in [1.165, 1.54) is 0 Å². The van der Waals surface area contributed by atoms with Crippen LogP contribution in [0, 0.1) is 25.7 Å². The lowest BCUT2D eigenvalue weighted by atomic mass is 9.79. The molecule has 134 valence electrons. The summed E-state index contributed by atoms with van der Waals surface area (Å²) < 4.78 is 11.2. The van der Waals surface area contributed by atoms with Gasteiger partial charge >= 0.3 is 0 Å². The molecule has 2 N–H and O–H groups in total. The highest BCUT2D eigenvalue weighted by Crippen LogP contribution is 2.30. The van der Waals surface area contributed by atoms with Gasteiger partial charge in [0.15, 0.2) is 0 Å². The molecule has 1 aromatic heterocycles. The summed E-state index contributed by atoms with van der Waals surface area (Å²) in [6.07, 6.45) is 4.24. The van der Waals surface area contributed by atoms with Crippen molar-refractivity contribution in [3.63, 3.8) is 0 Å². The summed E-state index contributed by atoms with van der Waals surface area (Å²) >= 11 is 0. The number of carbonyl (C=O) groups excluding carboxylic acids is 1. The number of nitrogens with zero attached hydrogens (tertiary/aromatic N) is 1. The van der Waals surface area contributed by atoms with Gasteiger partial charge in [-0.25, -0.2) is 0 Å². The Kier molecular flexibility index (Phi) is 5.89. The first-order valence-electron chi connectivity index (χ1n) is 9.10. The molecule has 2 saturated heterocycles. The summed E-state index contributed by atoms with van der Waals surface area (Å²) in [5.74, 6) is 1.14. The van der Waals surface area contributed by atoms with E-state index in [-0.39, 0.29) is 11.9 Å². The van der Waals surface area contributed by atoms with Crippen LogP contribution in [0.5, 0.6) is 0 Å². The highest BCUT2D eigenvalue weighted by atomic mass is 16.5. The summed E-state index contributed by atoms with van der Waals surface area (Å²) in [6, 6.07) is 0.233. The van der Waals surface area contributed by atoms with Crippen LogP contribution in [0.4, 0.5) is 0 Å². The number of hydrogen-bond acceptors (Lipinski definition) is 4. The second-order valence-electron chi connectivity index (χ2n) is 7.07. The quantitative estimate of drug-likeness (QED) is 0.862. The van der Waals surface area contributed by atoms with E-state index in [0.717, 1.165) is 62.6 Å². The number of rotatable bonds is 5. The van der Waals surface area contributed by atoms with Gasteiger partial charge in [0.2, 0.25) is 5.91 Å². The minimum atomic E-state index is 0.124. The fraction of sp³-hybridized carbons (Fsp3) is 0.778. The first-order chi connectivity index (χ1) is 11.6. The van der Waals surface area contributed by atoms with Crippen LogP contribution < -0.4 is 5.32 Å². The SMILES string of the molecule is Cc1[nH]nc(CCC(=O)N[C@@H]2CCOC[C@@H]2C2CCOCC2)c1C. The molecule has 0 saturated carbocycles. The summed E-state index contributed by atoms with van der Waals surface area (Å²) in [4.78, 5) is 12.4. The molecule has 0 spiro atoms. The van der Waals surface area contributed by atoms with Crippen LogP contribution in [0.1, 0.15) is 42.6 Å². The van der Waals surface area contributed by atoms with Crippen molar-refractivity contribution in [2.45, 2.75) is 52.0 Å². The zero-order valence-electron chi connectivity index (χ0n) is 14.8. The number of H-pyrrole nitrogens is 1. The molecule has 24 heavy (non-hydrogen) atoms. The largest absolute Gasteiger partial charge is 0.381 e. The molecule has 2 atom stereocenters. The van der Waals surface area contributed by atoms with E-state index in [2.05, 4.69) is 15.5 Å². The third-order valence-electron chi connectivity index (χ3n) is 5.56. The van der Waals surface area contributed by atoms with Gasteiger partial charge in [-0.1, -0.05) is 0 Å². The fourth-order valence-corrected chi connectivity index (χ4v) is 3.84. The number of amides is 1. The van der Waals surface area contributed by atoms with Crippen molar-refractivity contribution >= 4 is 5.91 Å². The Morgan fingerprint density at radius 2 is 1.96 bits per heavy atom. The van der Waals surface area contributed by atoms with E-state index >= 15 is 0 Å². The molecule has 2 fully saturated rings. The van der Waals surface area contributed by atoms with Crippen molar-refractivity contribution in [3.8, 4) is 0 Å². The monoisotopic (exact) mass is 335 g/mol. The maximum Gasteiger partial charge on any atom is 0.220 e. The normalized spacial score (nSPS) is 25.6.